The van der Waals surface area contributed by atoms with E-state index in [0.717, 1.165) is 57.5 Å². The maximum Gasteiger partial charge on any atom is 0.225 e. The van der Waals surface area contributed by atoms with Gasteiger partial charge in [-0.1, -0.05) is 0 Å². The molecular weight excluding hydrogens is 278 g/mol. The molecule has 2 fully saturated rings. The molecule has 0 unspecified atom stereocenters. The molecule has 1 aromatic rings. The highest BCUT2D eigenvalue weighted by Gasteiger charge is 2.24. The number of aromatic nitrogens is 2. The lowest BCUT2D eigenvalue weighted by atomic mass is 10.2. The lowest BCUT2D eigenvalue weighted by Crippen LogP contribution is -2.46. The highest BCUT2D eigenvalue weighted by molar-refractivity contribution is 5.31. The molecule has 0 amide bonds. The highest BCUT2D eigenvalue weighted by atomic mass is 16.5. The zero-order valence-corrected chi connectivity index (χ0v) is 13.9. The monoisotopic (exact) mass is 305 g/mol. The summed E-state index contributed by atoms with van der Waals surface area (Å²) in [6.45, 7) is 11.4. The highest BCUT2D eigenvalue weighted by Crippen LogP contribution is 2.17. The largest absolute Gasteiger partial charge is 0.372 e. The van der Waals surface area contributed by atoms with Crippen molar-refractivity contribution < 1.29 is 4.74 Å². The van der Waals surface area contributed by atoms with Gasteiger partial charge in [0.1, 0.15) is 0 Å². The number of anilines is 1. The standard InChI is InChI=1S/C16H27N5O/c1-13-10-21(11-14(2)22-13)16-17-5-4-15(18-16)12-20-8-6-19(3)7-9-20/h4-5,13-14H,6-12H2,1-3H3/t13-,14-/m1/s1. The van der Waals surface area contributed by atoms with E-state index >= 15 is 0 Å². The van der Waals surface area contributed by atoms with Crippen LogP contribution in [-0.4, -0.2) is 78.3 Å². The number of morpholine rings is 1. The number of likely N-dealkylation sites (N-methyl/N-ethyl adjacent to an activating group) is 1. The third-order valence-corrected chi connectivity index (χ3v) is 4.38. The Labute approximate surface area is 133 Å². The third-order valence-electron chi connectivity index (χ3n) is 4.38. The van der Waals surface area contributed by atoms with E-state index in [9.17, 15) is 0 Å². The molecule has 0 N–H and O–H groups in total. The molecule has 2 aliphatic heterocycles. The molecular formula is C16H27N5O. The van der Waals surface area contributed by atoms with Crippen LogP contribution in [0.4, 0.5) is 5.95 Å². The zero-order chi connectivity index (χ0) is 15.5. The van der Waals surface area contributed by atoms with Crippen molar-refractivity contribution in [3.05, 3.63) is 18.0 Å². The van der Waals surface area contributed by atoms with Gasteiger partial charge in [-0.15, -0.1) is 0 Å². The van der Waals surface area contributed by atoms with E-state index in [1.807, 2.05) is 12.3 Å². The van der Waals surface area contributed by atoms with Crippen molar-refractivity contribution >= 4 is 5.95 Å². The molecule has 2 atom stereocenters. The Balaban J connectivity index is 1.64. The number of piperazine rings is 1. The molecule has 122 valence electrons. The molecule has 0 radical (unpaired) electrons. The van der Waals surface area contributed by atoms with Gasteiger partial charge in [0.25, 0.3) is 0 Å². The minimum absolute atomic E-state index is 0.230. The van der Waals surface area contributed by atoms with E-state index in [2.05, 4.69) is 40.6 Å². The first-order chi connectivity index (χ1) is 10.6. The maximum atomic E-state index is 5.79. The summed E-state index contributed by atoms with van der Waals surface area (Å²) in [5.41, 5.74) is 1.11. The van der Waals surface area contributed by atoms with Gasteiger partial charge in [-0.3, -0.25) is 4.90 Å². The lowest BCUT2D eigenvalue weighted by Gasteiger charge is -2.35. The number of hydrogen-bond donors (Lipinski definition) is 0. The van der Waals surface area contributed by atoms with Crippen molar-refractivity contribution in [2.24, 2.45) is 0 Å². The van der Waals surface area contributed by atoms with Crippen LogP contribution in [0.15, 0.2) is 12.3 Å². The molecule has 1 aromatic heterocycles. The van der Waals surface area contributed by atoms with Crippen LogP contribution < -0.4 is 4.90 Å². The van der Waals surface area contributed by atoms with Crippen LogP contribution in [0.3, 0.4) is 0 Å². The summed E-state index contributed by atoms with van der Waals surface area (Å²) in [7, 11) is 2.18. The molecule has 3 rings (SSSR count). The summed E-state index contributed by atoms with van der Waals surface area (Å²) in [5, 5.41) is 0. The molecule has 6 heteroatoms. The fourth-order valence-corrected chi connectivity index (χ4v) is 3.20. The predicted molar refractivity (Wildman–Crippen MR) is 87.0 cm³/mol. The van der Waals surface area contributed by atoms with Crippen LogP contribution in [0, 0.1) is 0 Å². The number of rotatable bonds is 3. The normalized spacial score (nSPS) is 28.0. The summed E-state index contributed by atoms with van der Waals surface area (Å²) in [6, 6.07) is 2.04. The van der Waals surface area contributed by atoms with Crippen molar-refractivity contribution in [2.45, 2.75) is 32.6 Å². The van der Waals surface area contributed by atoms with Gasteiger partial charge in [0.15, 0.2) is 0 Å². The van der Waals surface area contributed by atoms with Gasteiger partial charge in [0.05, 0.1) is 17.9 Å². The van der Waals surface area contributed by atoms with Gasteiger partial charge in [-0.2, -0.15) is 0 Å². The van der Waals surface area contributed by atoms with Crippen molar-refractivity contribution in [3.8, 4) is 0 Å². The molecule has 0 bridgehead atoms. The fourth-order valence-electron chi connectivity index (χ4n) is 3.20. The third kappa shape index (κ3) is 3.94. The average molecular weight is 305 g/mol. The second-order valence-corrected chi connectivity index (χ2v) is 6.59. The Morgan fingerprint density at radius 2 is 1.82 bits per heavy atom. The van der Waals surface area contributed by atoms with Gasteiger partial charge in [0.2, 0.25) is 5.95 Å². The van der Waals surface area contributed by atoms with Crippen molar-refractivity contribution in [1.82, 2.24) is 19.8 Å². The van der Waals surface area contributed by atoms with Gasteiger partial charge in [-0.05, 0) is 27.0 Å². The lowest BCUT2D eigenvalue weighted by molar-refractivity contribution is -0.00574. The Morgan fingerprint density at radius 1 is 1.14 bits per heavy atom. The maximum absolute atomic E-state index is 5.79. The molecule has 2 saturated heterocycles. The molecule has 22 heavy (non-hydrogen) atoms. The Kier molecular flexibility index (Phi) is 4.90. The molecule has 0 aromatic carbocycles. The van der Waals surface area contributed by atoms with E-state index < -0.39 is 0 Å². The molecule has 0 aliphatic carbocycles. The van der Waals surface area contributed by atoms with Crippen molar-refractivity contribution in [1.29, 1.82) is 0 Å². The Morgan fingerprint density at radius 3 is 2.50 bits per heavy atom. The van der Waals surface area contributed by atoms with Gasteiger partial charge >= 0.3 is 0 Å². The smallest absolute Gasteiger partial charge is 0.225 e. The number of ether oxygens (including phenoxy) is 1. The van der Waals surface area contributed by atoms with Gasteiger partial charge < -0.3 is 14.5 Å². The van der Waals surface area contributed by atoms with Gasteiger partial charge in [-0.25, -0.2) is 9.97 Å². The summed E-state index contributed by atoms with van der Waals surface area (Å²) < 4.78 is 5.79. The van der Waals surface area contributed by atoms with Crippen LogP contribution in [-0.2, 0) is 11.3 Å². The number of nitrogens with zero attached hydrogens (tertiary/aromatic N) is 5. The van der Waals surface area contributed by atoms with E-state index in [-0.39, 0.29) is 12.2 Å². The van der Waals surface area contributed by atoms with Crippen LogP contribution in [0.1, 0.15) is 19.5 Å². The molecule has 6 nitrogen and oxygen atoms in total. The molecule has 0 saturated carbocycles. The summed E-state index contributed by atoms with van der Waals surface area (Å²) in [4.78, 5) is 16.3. The van der Waals surface area contributed by atoms with Crippen LogP contribution >= 0.6 is 0 Å². The van der Waals surface area contributed by atoms with Crippen LogP contribution in [0.2, 0.25) is 0 Å². The second kappa shape index (κ2) is 6.89. The SMILES string of the molecule is C[C@@H]1CN(c2nccc(CN3CCN(C)CC3)n2)C[C@@H](C)O1. The Bertz CT molecular complexity index is 479. The second-order valence-electron chi connectivity index (χ2n) is 6.59. The summed E-state index contributed by atoms with van der Waals surface area (Å²) in [5.74, 6) is 0.841. The topological polar surface area (TPSA) is 44.7 Å². The number of hydrogen-bond acceptors (Lipinski definition) is 6. The van der Waals surface area contributed by atoms with E-state index in [1.54, 1.807) is 0 Å². The molecule has 0 spiro atoms. The zero-order valence-electron chi connectivity index (χ0n) is 13.9. The minimum atomic E-state index is 0.230. The quantitative estimate of drug-likeness (QED) is 0.824. The first-order valence-corrected chi connectivity index (χ1v) is 8.23. The van der Waals surface area contributed by atoms with Gasteiger partial charge in [0, 0.05) is 52.0 Å². The van der Waals surface area contributed by atoms with Crippen LogP contribution in [0.25, 0.3) is 0 Å². The summed E-state index contributed by atoms with van der Waals surface area (Å²) in [6.07, 6.45) is 2.35. The average Bonchev–Trinajstić information content (AvgIpc) is 2.49. The first kappa shape index (κ1) is 15.6. The van der Waals surface area contributed by atoms with E-state index in [0.29, 0.717) is 0 Å². The summed E-state index contributed by atoms with van der Waals surface area (Å²) >= 11 is 0. The Hall–Kier alpha value is -1.24. The van der Waals surface area contributed by atoms with Crippen molar-refractivity contribution in [3.63, 3.8) is 0 Å². The van der Waals surface area contributed by atoms with E-state index in [1.165, 1.54) is 0 Å². The minimum Gasteiger partial charge on any atom is -0.372 e. The molecule has 3 heterocycles. The molecule has 2 aliphatic rings. The first-order valence-electron chi connectivity index (χ1n) is 8.23. The van der Waals surface area contributed by atoms with Crippen molar-refractivity contribution in [2.75, 3.05) is 51.2 Å². The predicted octanol–water partition coefficient (Wildman–Crippen LogP) is 0.838. The fraction of sp³-hybridized carbons (Fsp3) is 0.750. The van der Waals surface area contributed by atoms with E-state index in [4.69, 9.17) is 9.72 Å². The van der Waals surface area contributed by atoms with Crippen LogP contribution in [0.5, 0.6) is 0 Å².